The minimum atomic E-state index is -0.597. The minimum absolute atomic E-state index is 0.101. The van der Waals surface area contributed by atoms with Crippen LogP contribution in [0.25, 0.3) is 0 Å². The van der Waals surface area contributed by atoms with Crippen molar-refractivity contribution >= 4 is 5.91 Å². The van der Waals surface area contributed by atoms with Gasteiger partial charge in [-0.3, -0.25) is 4.79 Å². The summed E-state index contributed by atoms with van der Waals surface area (Å²) in [6.45, 7) is 3.47. The van der Waals surface area contributed by atoms with Crippen molar-refractivity contribution in [2.45, 2.75) is 31.8 Å². The molecule has 4 heteroatoms. The third-order valence-corrected chi connectivity index (χ3v) is 2.72. The predicted molar refractivity (Wildman–Crippen MR) is 58.0 cm³/mol. The minimum Gasteiger partial charge on any atom is -0.381 e. The molecule has 0 aromatic carbocycles. The monoisotopic (exact) mass is 210 g/mol. The molecule has 0 aromatic rings. The Morgan fingerprint density at radius 2 is 2.53 bits per heavy atom. The SMILES string of the molecule is C#CCC(N)C(=O)NC(C)C1CCOC1. The summed E-state index contributed by atoms with van der Waals surface area (Å²) in [4.78, 5) is 11.5. The number of ether oxygens (including phenoxy) is 1. The van der Waals surface area contributed by atoms with Crippen molar-refractivity contribution in [1.29, 1.82) is 0 Å². The summed E-state index contributed by atoms with van der Waals surface area (Å²) >= 11 is 0. The number of nitrogens with two attached hydrogens (primary N) is 1. The first kappa shape index (κ1) is 12.0. The zero-order valence-corrected chi connectivity index (χ0v) is 9.03. The standard InChI is InChI=1S/C11H18N2O2/c1-3-4-10(12)11(14)13-8(2)9-5-6-15-7-9/h1,8-10H,4-7,12H2,2H3,(H,13,14). The fourth-order valence-electron chi connectivity index (χ4n) is 1.62. The topological polar surface area (TPSA) is 64.4 Å². The molecule has 0 spiro atoms. The highest BCUT2D eigenvalue weighted by Crippen LogP contribution is 2.16. The summed E-state index contributed by atoms with van der Waals surface area (Å²) in [6, 6.07) is -0.497. The van der Waals surface area contributed by atoms with Gasteiger partial charge in [-0.15, -0.1) is 12.3 Å². The molecule has 3 unspecified atom stereocenters. The molecule has 1 aliphatic heterocycles. The number of hydrogen-bond acceptors (Lipinski definition) is 3. The van der Waals surface area contributed by atoms with Gasteiger partial charge in [0.25, 0.3) is 0 Å². The molecular weight excluding hydrogens is 192 g/mol. The van der Waals surface area contributed by atoms with E-state index in [9.17, 15) is 4.79 Å². The summed E-state index contributed by atoms with van der Waals surface area (Å²) < 4.78 is 5.25. The summed E-state index contributed by atoms with van der Waals surface area (Å²) in [5, 5.41) is 2.87. The molecule has 0 bridgehead atoms. The Morgan fingerprint density at radius 1 is 1.80 bits per heavy atom. The first-order valence-electron chi connectivity index (χ1n) is 5.22. The van der Waals surface area contributed by atoms with E-state index in [1.54, 1.807) is 0 Å². The summed E-state index contributed by atoms with van der Waals surface area (Å²) in [5.74, 6) is 2.60. The largest absolute Gasteiger partial charge is 0.381 e. The highest BCUT2D eigenvalue weighted by atomic mass is 16.5. The maximum Gasteiger partial charge on any atom is 0.238 e. The Balaban J connectivity index is 2.33. The Kier molecular flexibility index (Phi) is 4.60. The van der Waals surface area contributed by atoms with E-state index in [1.807, 2.05) is 6.92 Å². The van der Waals surface area contributed by atoms with Crippen molar-refractivity contribution in [2.75, 3.05) is 13.2 Å². The fourth-order valence-corrected chi connectivity index (χ4v) is 1.62. The number of carbonyl (C=O) groups excluding carboxylic acids is 1. The second kappa shape index (κ2) is 5.74. The number of carbonyl (C=O) groups is 1. The molecule has 0 saturated carbocycles. The van der Waals surface area contributed by atoms with Crippen molar-refractivity contribution in [3.8, 4) is 12.3 Å². The van der Waals surface area contributed by atoms with Gasteiger partial charge in [-0.1, -0.05) is 0 Å². The second-order valence-corrected chi connectivity index (χ2v) is 3.94. The quantitative estimate of drug-likeness (QED) is 0.636. The molecule has 1 aliphatic rings. The van der Waals surface area contributed by atoms with E-state index in [-0.39, 0.29) is 18.4 Å². The first-order valence-corrected chi connectivity index (χ1v) is 5.22. The highest BCUT2D eigenvalue weighted by Gasteiger charge is 2.24. The molecule has 1 amide bonds. The predicted octanol–water partition coefficient (Wildman–Crippen LogP) is -0.122. The first-order chi connectivity index (χ1) is 7.15. The molecule has 0 radical (unpaired) electrons. The van der Waals surface area contributed by atoms with Gasteiger partial charge in [-0.2, -0.15) is 0 Å². The van der Waals surface area contributed by atoms with Crippen LogP contribution in [-0.4, -0.2) is 31.2 Å². The van der Waals surface area contributed by atoms with Gasteiger partial charge in [0.05, 0.1) is 12.6 Å². The smallest absolute Gasteiger partial charge is 0.238 e. The van der Waals surface area contributed by atoms with Crippen LogP contribution in [0.4, 0.5) is 0 Å². The molecule has 0 aliphatic carbocycles. The molecule has 4 nitrogen and oxygen atoms in total. The molecule has 15 heavy (non-hydrogen) atoms. The van der Waals surface area contributed by atoms with E-state index in [0.717, 1.165) is 13.0 Å². The van der Waals surface area contributed by atoms with E-state index in [0.29, 0.717) is 12.5 Å². The van der Waals surface area contributed by atoms with Gasteiger partial charge in [0.2, 0.25) is 5.91 Å². The Morgan fingerprint density at radius 3 is 3.07 bits per heavy atom. The molecule has 3 atom stereocenters. The van der Waals surface area contributed by atoms with Crippen LogP contribution in [-0.2, 0) is 9.53 Å². The van der Waals surface area contributed by atoms with Crippen LogP contribution >= 0.6 is 0 Å². The maximum absolute atomic E-state index is 11.5. The molecular formula is C11H18N2O2. The molecule has 1 fully saturated rings. The lowest BCUT2D eigenvalue weighted by molar-refractivity contribution is -0.123. The zero-order valence-electron chi connectivity index (χ0n) is 9.03. The van der Waals surface area contributed by atoms with Gasteiger partial charge in [-0.25, -0.2) is 0 Å². The normalized spacial score (nSPS) is 24.2. The molecule has 84 valence electrons. The van der Waals surface area contributed by atoms with E-state index < -0.39 is 6.04 Å². The van der Waals surface area contributed by atoms with Gasteiger partial charge in [0.15, 0.2) is 0 Å². The van der Waals surface area contributed by atoms with Crippen molar-refractivity contribution in [3.63, 3.8) is 0 Å². The van der Waals surface area contributed by atoms with Crippen molar-refractivity contribution in [3.05, 3.63) is 0 Å². The number of rotatable bonds is 4. The zero-order chi connectivity index (χ0) is 11.3. The van der Waals surface area contributed by atoms with Crippen molar-refractivity contribution < 1.29 is 9.53 Å². The molecule has 1 saturated heterocycles. The average molecular weight is 210 g/mol. The molecule has 0 aromatic heterocycles. The summed E-state index contributed by atoms with van der Waals surface area (Å²) in [6.07, 6.45) is 6.36. The van der Waals surface area contributed by atoms with Crippen LogP contribution in [0.2, 0.25) is 0 Å². The highest BCUT2D eigenvalue weighted by molar-refractivity contribution is 5.82. The van der Waals surface area contributed by atoms with Gasteiger partial charge < -0.3 is 15.8 Å². The van der Waals surface area contributed by atoms with Crippen LogP contribution in [0.3, 0.4) is 0 Å². The summed E-state index contributed by atoms with van der Waals surface area (Å²) in [7, 11) is 0. The maximum atomic E-state index is 11.5. The Bertz CT molecular complexity index is 254. The lowest BCUT2D eigenvalue weighted by atomic mass is 10.0. The van der Waals surface area contributed by atoms with Gasteiger partial charge in [0, 0.05) is 25.0 Å². The number of amides is 1. The van der Waals surface area contributed by atoms with Crippen molar-refractivity contribution in [1.82, 2.24) is 5.32 Å². The Hall–Kier alpha value is -1.05. The lowest BCUT2D eigenvalue weighted by Gasteiger charge is -2.20. The van der Waals surface area contributed by atoms with E-state index >= 15 is 0 Å². The van der Waals surface area contributed by atoms with Crippen LogP contribution in [0.1, 0.15) is 19.8 Å². The third-order valence-electron chi connectivity index (χ3n) is 2.72. The van der Waals surface area contributed by atoms with Gasteiger partial charge >= 0.3 is 0 Å². The second-order valence-electron chi connectivity index (χ2n) is 3.94. The van der Waals surface area contributed by atoms with Gasteiger partial charge in [-0.05, 0) is 13.3 Å². The Labute approximate surface area is 90.5 Å². The summed E-state index contributed by atoms with van der Waals surface area (Å²) in [5.41, 5.74) is 5.59. The van der Waals surface area contributed by atoms with E-state index in [1.165, 1.54) is 0 Å². The van der Waals surface area contributed by atoms with Crippen LogP contribution < -0.4 is 11.1 Å². The molecule has 1 rings (SSSR count). The fraction of sp³-hybridized carbons (Fsp3) is 0.727. The molecule has 3 N–H and O–H groups in total. The van der Waals surface area contributed by atoms with E-state index in [4.69, 9.17) is 16.9 Å². The van der Waals surface area contributed by atoms with Crippen LogP contribution in [0.15, 0.2) is 0 Å². The number of terminal acetylenes is 1. The third kappa shape index (κ3) is 3.54. The van der Waals surface area contributed by atoms with E-state index in [2.05, 4.69) is 11.2 Å². The number of nitrogens with one attached hydrogen (secondary N) is 1. The average Bonchev–Trinajstić information content (AvgIpc) is 2.70. The van der Waals surface area contributed by atoms with Gasteiger partial charge in [0.1, 0.15) is 0 Å². The lowest BCUT2D eigenvalue weighted by Crippen LogP contribution is -2.46. The molecule has 1 heterocycles. The number of hydrogen-bond donors (Lipinski definition) is 2. The van der Waals surface area contributed by atoms with Crippen LogP contribution in [0, 0.1) is 18.3 Å². The van der Waals surface area contributed by atoms with Crippen molar-refractivity contribution in [2.24, 2.45) is 11.7 Å². The van der Waals surface area contributed by atoms with Crippen LogP contribution in [0.5, 0.6) is 0 Å².